The van der Waals surface area contributed by atoms with Gasteiger partial charge in [0.15, 0.2) is 6.19 Å². The zero-order valence-corrected chi connectivity index (χ0v) is 19.3. The van der Waals surface area contributed by atoms with Crippen molar-refractivity contribution in [2.24, 2.45) is 10.8 Å². The maximum absolute atomic E-state index is 12.2. The summed E-state index contributed by atoms with van der Waals surface area (Å²) in [5.74, 6) is 1.18. The summed E-state index contributed by atoms with van der Waals surface area (Å²) in [6.45, 7) is 14.2. The number of hydrogen-bond acceptors (Lipinski definition) is 5. The smallest absolute Gasteiger partial charge is 0.274 e. The summed E-state index contributed by atoms with van der Waals surface area (Å²) in [5, 5.41) is 10.5. The first-order chi connectivity index (χ1) is 13.4. The molecule has 2 atom stereocenters. The lowest BCUT2D eigenvalue weighted by molar-refractivity contribution is -0.122. The van der Waals surface area contributed by atoms with Crippen molar-refractivity contribution in [3.05, 3.63) is 11.5 Å². The van der Waals surface area contributed by atoms with Crippen LogP contribution in [0.25, 0.3) is 4.95 Å². The zero-order chi connectivity index (χ0) is 22.5. The van der Waals surface area contributed by atoms with Gasteiger partial charge in [-0.15, -0.1) is 0 Å². The Kier molecular flexibility index (Phi) is 12.6. The highest BCUT2D eigenvalue weighted by Crippen LogP contribution is 2.26. The molecule has 10 heteroatoms. The van der Waals surface area contributed by atoms with Crippen molar-refractivity contribution in [2.45, 2.75) is 59.8 Å². The number of nitriles is 1. The van der Waals surface area contributed by atoms with E-state index < -0.39 is 21.6 Å². The maximum Gasteiger partial charge on any atom is 0.288 e. The lowest BCUT2D eigenvalue weighted by atomic mass is 9.86. The van der Waals surface area contributed by atoms with Crippen LogP contribution in [0.5, 0.6) is 0 Å². The third kappa shape index (κ3) is 14.8. The largest absolute Gasteiger partial charge is 0.288 e. The van der Waals surface area contributed by atoms with Crippen molar-refractivity contribution in [3.8, 4) is 6.19 Å². The highest BCUT2D eigenvalue weighted by atomic mass is 32.2. The monoisotopic (exact) mass is 444 g/mol. The maximum atomic E-state index is 12.2. The first-order valence-corrected chi connectivity index (χ1v) is 12.4. The van der Waals surface area contributed by atoms with E-state index in [1.165, 1.54) is 0 Å². The van der Waals surface area contributed by atoms with Gasteiger partial charge in [0.25, 0.3) is 5.91 Å². The number of nitrogens with one attached hydrogen (secondary N) is 2. The minimum absolute atomic E-state index is 0.200. The normalized spacial score (nSPS) is 13.6. The molecule has 0 aromatic rings. The molecule has 0 spiro atoms. The number of rotatable bonds is 14. The molecule has 0 fully saturated rings. The molecule has 0 aromatic heterocycles. The van der Waals surface area contributed by atoms with Crippen molar-refractivity contribution in [1.82, 2.24) is 10.7 Å². The third-order valence-corrected chi connectivity index (χ3v) is 7.22. The second-order valence-electron chi connectivity index (χ2n) is 8.54. The van der Waals surface area contributed by atoms with E-state index in [4.69, 9.17) is 11.8 Å². The van der Waals surface area contributed by atoms with Gasteiger partial charge in [-0.2, -0.15) is 16.8 Å². The average molecular weight is 445 g/mol. The van der Waals surface area contributed by atoms with Crippen molar-refractivity contribution in [2.75, 3.05) is 23.0 Å². The van der Waals surface area contributed by atoms with Crippen LogP contribution in [0, 0.1) is 28.9 Å². The van der Waals surface area contributed by atoms with E-state index >= 15 is 0 Å². The minimum Gasteiger partial charge on any atom is -0.274 e. The Morgan fingerprint density at radius 2 is 1.38 bits per heavy atom. The highest BCUT2D eigenvalue weighted by Gasteiger charge is 2.24. The summed E-state index contributed by atoms with van der Waals surface area (Å²) >= 11 is 0. The Balaban J connectivity index is 4.11. The Labute approximate surface area is 178 Å². The molecule has 29 heavy (non-hydrogen) atoms. The summed E-state index contributed by atoms with van der Waals surface area (Å²) in [4.78, 5) is 25.9. The van der Waals surface area contributed by atoms with E-state index in [0.717, 1.165) is 0 Å². The molecular formula is C19H32N4O4S2. The second kappa shape index (κ2) is 13.4. The summed E-state index contributed by atoms with van der Waals surface area (Å²) in [7, 11) is -2.09. The zero-order valence-electron chi connectivity index (χ0n) is 17.7. The summed E-state index contributed by atoms with van der Waals surface area (Å²) in [6.07, 6.45) is 3.81. The van der Waals surface area contributed by atoms with Gasteiger partial charge in [0.2, 0.25) is 5.91 Å². The van der Waals surface area contributed by atoms with Gasteiger partial charge >= 0.3 is 0 Å². The van der Waals surface area contributed by atoms with Gasteiger partial charge in [0.05, 0.1) is 0 Å². The molecule has 164 valence electrons. The van der Waals surface area contributed by atoms with E-state index in [9.17, 15) is 18.0 Å². The van der Waals surface area contributed by atoms with Crippen LogP contribution in [0.3, 0.4) is 0 Å². The number of hydrogen-bond donors (Lipinski definition) is 2. The molecule has 0 aliphatic heterocycles. The minimum atomic E-state index is -1.04. The molecule has 0 rings (SSSR count). The Morgan fingerprint density at radius 3 is 1.79 bits per heavy atom. The van der Waals surface area contributed by atoms with Crippen LogP contribution in [-0.4, -0.2) is 43.2 Å². The first-order valence-electron chi connectivity index (χ1n) is 9.44. The van der Waals surface area contributed by atoms with Crippen molar-refractivity contribution >= 4 is 33.4 Å². The number of carbonyl (C=O) groups is 2. The van der Waals surface area contributed by atoms with Gasteiger partial charge in [-0.3, -0.25) is 23.3 Å². The number of amides is 2. The Morgan fingerprint density at radius 1 is 0.931 bits per heavy atom. The molecule has 2 unspecified atom stereocenters. The molecule has 0 saturated heterocycles. The second-order valence-corrected chi connectivity index (χ2v) is 11.9. The van der Waals surface area contributed by atoms with Gasteiger partial charge in [-0.25, -0.2) is 0 Å². The van der Waals surface area contributed by atoms with E-state index in [0.29, 0.717) is 42.3 Å². The van der Waals surface area contributed by atoms with Crippen LogP contribution in [-0.2, 0) is 31.2 Å². The molecule has 0 saturated carbocycles. The Hall–Kier alpha value is -1.78. The van der Waals surface area contributed by atoms with Crippen LogP contribution < -0.4 is 10.7 Å². The van der Waals surface area contributed by atoms with Crippen LogP contribution in [0.4, 0.5) is 0 Å². The number of nitrogens with zero attached hydrogens (tertiary/aromatic N) is 2. The van der Waals surface area contributed by atoms with Gasteiger partial charge in [-0.05, 0) is 30.1 Å². The highest BCUT2D eigenvalue weighted by molar-refractivity contribution is 7.85. The predicted molar refractivity (Wildman–Crippen MR) is 115 cm³/mol. The molecule has 0 bridgehead atoms. The first kappa shape index (κ1) is 27.2. The summed E-state index contributed by atoms with van der Waals surface area (Å²) in [6, 6.07) is 0. The molecule has 0 aliphatic carbocycles. The van der Waals surface area contributed by atoms with Gasteiger partial charge in [0, 0.05) is 57.5 Å². The van der Waals surface area contributed by atoms with E-state index in [-0.39, 0.29) is 35.5 Å². The molecule has 2 amide bonds. The summed E-state index contributed by atoms with van der Waals surface area (Å²) < 4.78 is 24.3. The van der Waals surface area contributed by atoms with E-state index in [1.54, 1.807) is 6.19 Å². The lowest BCUT2D eigenvalue weighted by Crippen LogP contribution is -2.27. The SMILES string of the molecule is [C-]#[N+]NC(=O)CC(C)(C)CCS(=O)CCCS(=O)CCC(C)(C)CC(=O)NC#N. The topological polar surface area (TPSA) is 120 Å². The molecule has 0 heterocycles. The Bertz CT molecular complexity index is 635. The van der Waals surface area contributed by atoms with Gasteiger partial charge in [0.1, 0.15) is 0 Å². The fourth-order valence-electron chi connectivity index (χ4n) is 2.62. The van der Waals surface area contributed by atoms with Crippen molar-refractivity contribution < 1.29 is 18.0 Å². The molecule has 0 aliphatic rings. The van der Waals surface area contributed by atoms with Gasteiger partial charge in [-0.1, -0.05) is 33.1 Å². The molecule has 8 nitrogen and oxygen atoms in total. The number of carbonyl (C=O) groups excluding carboxylic acids is 2. The molecule has 0 aromatic carbocycles. The fraction of sp³-hybridized carbons (Fsp3) is 0.789. The predicted octanol–water partition coefficient (Wildman–Crippen LogP) is 2.03. The van der Waals surface area contributed by atoms with E-state index in [1.807, 2.05) is 27.7 Å². The van der Waals surface area contributed by atoms with Crippen LogP contribution >= 0.6 is 0 Å². The molecule has 2 N–H and O–H groups in total. The van der Waals surface area contributed by atoms with Crippen molar-refractivity contribution in [3.63, 3.8) is 0 Å². The van der Waals surface area contributed by atoms with Crippen LogP contribution in [0.2, 0.25) is 0 Å². The van der Waals surface area contributed by atoms with Crippen LogP contribution in [0.1, 0.15) is 59.8 Å². The third-order valence-electron chi connectivity index (χ3n) is 4.41. The van der Waals surface area contributed by atoms with Crippen molar-refractivity contribution in [1.29, 1.82) is 5.26 Å². The molecular weight excluding hydrogens is 412 g/mol. The quantitative estimate of drug-likeness (QED) is 0.184. The standard InChI is InChI=1S/C19H32N4O4S2/c1-18(2,13-16(24)22-15-20)7-11-28(26)9-6-10-29(27)12-8-19(3,4)14-17(25)23-21-5/h6-14H2,1-4H3,(H,22,24)(H,23,25). The van der Waals surface area contributed by atoms with Gasteiger partial charge < -0.3 is 0 Å². The molecule has 0 radical (unpaired) electrons. The summed E-state index contributed by atoms with van der Waals surface area (Å²) in [5.41, 5.74) is 1.40. The lowest BCUT2D eigenvalue weighted by Gasteiger charge is -2.23. The average Bonchev–Trinajstić information content (AvgIpc) is 2.58. The van der Waals surface area contributed by atoms with E-state index in [2.05, 4.69) is 15.7 Å². The van der Waals surface area contributed by atoms with Crippen LogP contribution in [0.15, 0.2) is 0 Å². The fourth-order valence-corrected chi connectivity index (χ4v) is 5.70.